The van der Waals surface area contributed by atoms with Gasteiger partial charge in [0.2, 0.25) is 5.91 Å². The van der Waals surface area contributed by atoms with E-state index in [1.165, 1.54) is 0 Å². The lowest BCUT2D eigenvalue weighted by Gasteiger charge is -2.15. The molecule has 1 heterocycles. The van der Waals surface area contributed by atoms with Gasteiger partial charge in [-0.1, -0.05) is 0 Å². The third-order valence-electron chi connectivity index (χ3n) is 4.99. The molecule has 0 unspecified atom stereocenters. The number of nitrogens with one attached hydrogen (secondary N) is 2. The molecular weight excluding hydrogens is 362 g/mol. The first-order valence-corrected chi connectivity index (χ1v) is 9.57. The van der Waals surface area contributed by atoms with Crippen LogP contribution in [0.4, 0.5) is 5.69 Å². The zero-order chi connectivity index (χ0) is 20.1. The van der Waals surface area contributed by atoms with Crippen LogP contribution < -0.4 is 15.5 Å². The zero-order valence-electron chi connectivity index (χ0n) is 15.9. The monoisotopic (exact) mass is 387 g/mol. The fourth-order valence-corrected chi connectivity index (χ4v) is 3.18. The van der Waals surface area contributed by atoms with Crippen molar-refractivity contribution in [1.29, 1.82) is 0 Å². The normalized spacial score (nSPS) is 17.2. The van der Waals surface area contributed by atoms with Gasteiger partial charge in [0.05, 0.1) is 0 Å². The van der Waals surface area contributed by atoms with E-state index in [9.17, 15) is 19.2 Å². The Labute approximate surface area is 163 Å². The molecule has 0 spiro atoms. The molecule has 3 amide bonds. The van der Waals surface area contributed by atoms with E-state index in [1.807, 2.05) is 6.92 Å². The third kappa shape index (κ3) is 5.31. The molecule has 1 atom stereocenters. The summed E-state index contributed by atoms with van der Waals surface area (Å²) in [5, 5.41) is 5.25. The summed E-state index contributed by atoms with van der Waals surface area (Å²) in [6, 6.07) is 6.72. The van der Waals surface area contributed by atoms with E-state index in [-0.39, 0.29) is 31.0 Å². The van der Waals surface area contributed by atoms with Crippen molar-refractivity contribution in [3.63, 3.8) is 0 Å². The summed E-state index contributed by atoms with van der Waals surface area (Å²) in [6.45, 7) is 1.94. The summed E-state index contributed by atoms with van der Waals surface area (Å²) < 4.78 is 4.88. The Balaban J connectivity index is 1.38. The molecule has 1 aromatic rings. The van der Waals surface area contributed by atoms with Crippen molar-refractivity contribution in [2.24, 2.45) is 5.92 Å². The van der Waals surface area contributed by atoms with Crippen molar-refractivity contribution in [2.75, 3.05) is 24.6 Å². The minimum absolute atomic E-state index is 0.0792. The molecule has 0 aromatic heterocycles. The highest BCUT2D eigenvalue weighted by atomic mass is 16.5. The summed E-state index contributed by atoms with van der Waals surface area (Å²) in [5.41, 5.74) is 1.13. The Morgan fingerprint density at radius 3 is 2.54 bits per heavy atom. The maximum absolute atomic E-state index is 12.1. The first kappa shape index (κ1) is 19.9. The highest BCUT2D eigenvalue weighted by Gasteiger charge is 2.29. The predicted molar refractivity (Wildman–Crippen MR) is 102 cm³/mol. The molecule has 1 saturated carbocycles. The molecule has 0 radical (unpaired) electrons. The van der Waals surface area contributed by atoms with Crippen LogP contribution in [0.25, 0.3) is 0 Å². The van der Waals surface area contributed by atoms with Crippen LogP contribution in [0.15, 0.2) is 24.3 Å². The van der Waals surface area contributed by atoms with E-state index in [1.54, 1.807) is 29.2 Å². The van der Waals surface area contributed by atoms with Gasteiger partial charge in [-0.3, -0.25) is 19.2 Å². The molecule has 1 aromatic carbocycles. The Kier molecular flexibility index (Phi) is 6.28. The molecule has 3 rings (SSSR count). The minimum Gasteiger partial charge on any atom is -0.454 e. The van der Waals surface area contributed by atoms with Gasteiger partial charge in [0.15, 0.2) is 6.61 Å². The zero-order valence-corrected chi connectivity index (χ0v) is 15.9. The van der Waals surface area contributed by atoms with Gasteiger partial charge in [0.1, 0.15) is 6.54 Å². The number of carbonyl (C=O) groups is 4. The van der Waals surface area contributed by atoms with Crippen LogP contribution >= 0.6 is 0 Å². The highest BCUT2D eigenvalue weighted by molar-refractivity contribution is 5.98. The topological polar surface area (TPSA) is 105 Å². The Bertz CT molecular complexity index is 758. The van der Waals surface area contributed by atoms with Gasteiger partial charge in [-0.2, -0.15) is 0 Å². The van der Waals surface area contributed by atoms with Crippen molar-refractivity contribution in [3.05, 3.63) is 29.8 Å². The molecule has 8 nitrogen and oxygen atoms in total. The molecule has 2 fully saturated rings. The lowest BCUT2D eigenvalue weighted by molar-refractivity contribution is -0.147. The predicted octanol–water partition coefficient (Wildman–Crippen LogP) is 1.00. The van der Waals surface area contributed by atoms with Gasteiger partial charge in [-0.25, -0.2) is 0 Å². The number of hydrogen-bond donors (Lipinski definition) is 2. The lowest BCUT2D eigenvalue weighted by Crippen LogP contribution is -2.38. The maximum Gasteiger partial charge on any atom is 0.325 e. The first-order valence-electron chi connectivity index (χ1n) is 9.57. The molecule has 2 N–H and O–H groups in total. The molecule has 1 saturated heterocycles. The SMILES string of the molecule is C[C@H](NC(=O)COC(=O)CNC(=O)c1ccc(N2CCCC2=O)cc1)C1CC1. The Morgan fingerprint density at radius 1 is 1.21 bits per heavy atom. The molecule has 2 aliphatic rings. The van der Waals surface area contributed by atoms with Crippen LogP contribution in [0.1, 0.15) is 43.0 Å². The fraction of sp³-hybridized carbons (Fsp3) is 0.500. The van der Waals surface area contributed by atoms with Gasteiger partial charge in [-0.15, -0.1) is 0 Å². The number of hydrogen-bond acceptors (Lipinski definition) is 5. The molecule has 150 valence electrons. The fourth-order valence-electron chi connectivity index (χ4n) is 3.18. The molecule has 1 aliphatic carbocycles. The average Bonchev–Trinajstić information content (AvgIpc) is 3.46. The Morgan fingerprint density at radius 2 is 1.93 bits per heavy atom. The van der Waals surface area contributed by atoms with Gasteiger partial charge in [-0.05, 0) is 56.4 Å². The summed E-state index contributed by atoms with van der Waals surface area (Å²) in [4.78, 5) is 49.0. The number of nitrogens with zero attached hydrogens (tertiary/aromatic N) is 1. The lowest BCUT2D eigenvalue weighted by atomic mass is 10.2. The second kappa shape index (κ2) is 8.86. The third-order valence-corrected chi connectivity index (χ3v) is 4.99. The highest BCUT2D eigenvalue weighted by Crippen LogP contribution is 2.32. The van der Waals surface area contributed by atoms with Crippen LogP contribution in [-0.4, -0.2) is 49.4 Å². The van der Waals surface area contributed by atoms with Crippen molar-refractivity contribution in [2.45, 2.75) is 38.6 Å². The summed E-state index contributed by atoms with van der Waals surface area (Å²) in [7, 11) is 0. The second-order valence-corrected chi connectivity index (χ2v) is 7.23. The average molecular weight is 387 g/mol. The number of carbonyl (C=O) groups excluding carboxylic acids is 4. The van der Waals surface area contributed by atoms with E-state index < -0.39 is 11.9 Å². The summed E-state index contributed by atoms with van der Waals surface area (Å²) >= 11 is 0. The van der Waals surface area contributed by atoms with Crippen LogP contribution in [0, 0.1) is 5.92 Å². The van der Waals surface area contributed by atoms with Crippen molar-refractivity contribution < 1.29 is 23.9 Å². The van der Waals surface area contributed by atoms with Crippen LogP contribution in [-0.2, 0) is 19.1 Å². The van der Waals surface area contributed by atoms with Crippen molar-refractivity contribution in [3.8, 4) is 0 Å². The van der Waals surface area contributed by atoms with E-state index in [2.05, 4.69) is 10.6 Å². The van der Waals surface area contributed by atoms with Crippen molar-refractivity contribution >= 4 is 29.4 Å². The van der Waals surface area contributed by atoms with Crippen LogP contribution in [0.5, 0.6) is 0 Å². The number of ether oxygens (including phenoxy) is 1. The second-order valence-electron chi connectivity index (χ2n) is 7.23. The number of amides is 3. The first-order chi connectivity index (χ1) is 13.4. The number of esters is 1. The summed E-state index contributed by atoms with van der Waals surface area (Å²) in [5.74, 6) is -0.847. The Hall–Kier alpha value is -2.90. The van der Waals surface area contributed by atoms with E-state index in [0.29, 0.717) is 24.4 Å². The van der Waals surface area contributed by atoms with E-state index in [4.69, 9.17) is 4.74 Å². The van der Waals surface area contributed by atoms with Gasteiger partial charge in [0.25, 0.3) is 11.8 Å². The smallest absolute Gasteiger partial charge is 0.325 e. The van der Waals surface area contributed by atoms with Gasteiger partial charge < -0.3 is 20.3 Å². The van der Waals surface area contributed by atoms with E-state index in [0.717, 1.165) is 24.9 Å². The van der Waals surface area contributed by atoms with Gasteiger partial charge >= 0.3 is 5.97 Å². The maximum atomic E-state index is 12.1. The van der Waals surface area contributed by atoms with E-state index >= 15 is 0 Å². The van der Waals surface area contributed by atoms with Gasteiger partial charge in [0, 0.05) is 30.3 Å². The number of benzene rings is 1. The standard InChI is InChI=1S/C20H25N3O5/c1-13(14-4-5-14)22-17(24)12-28-19(26)11-21-20(27)15-6-8-16(9-7-15)23-10-2-3-18(23)25/h6-9,13-14H,2-5,10-12H2,1H3,(H,21,27)(H,22,24)/t13-/m0/s1. The molecule has 0 bridgehead atoms. The molecule has 1 aliphatic heterocycles. The number of rotatable bonds is 8. The molecular formula is C20H25N3O5. The van der Waals surface area contributed by atoms with Crippen LogP contribution in [0.2, 0.25) is 0 Å². The summed E-state index contributed by atoms with van der Waals surface area (Å²) in [6.07, 6.45) is 3.60. The quantitative estimate of drug-likeness (QED) is 0.648. The van der Waals surface area contributed by atoms with Crippen molar-refractivity contribution in [1.82, 2.24) is 10.6 Å². The minimum atomic E-state index is -0.679. The molecule has 8 heteroatoms. The largest absolute Gasteiger partial charge is 0.454 e. The molecule has 28 heavy (non-hydrogen) atoms. The number of anilines is 1. The van der Waals surface area contributed by atoms with Crippen LogP contribution in [0.3, 0.4) is 0 Å².